The van der Waals surface area contributed by atoms with Crippen LogP contribution in [0.15, 0.2) is 6.20 Å². The number of aromatic nitrogens is 1. The van der Waals surface area contributed by atoms with Crippen molar-refractivity contribution >= 4 is 17.4 Å². The first-order chi connectivity index (χ1) is 10.0. The van der Waals surface area contributed by atoms with E-state index in [1.54, 1.807) is 20.0 Å². The Morgan fingerprint density at radius 1 is 1.48 bits per heavy atom. The minimum Gasteiger partial charge on any atom is -0.308 e. The Bertz CT molecular complexity index is 522. The van der Waals surface area contributed by atoms with Gasteiger partial charge in [0.25, 0.3) is 5.69 Å². The number of aryl methyl sites for hydroxylation is 1. The summed E-state index contributed by atoms with van der Waals surface area (Å²) < 4.78 is 0. The molecule has 0 saturated heterocycles. The first-order valence-electron chi connectivity index (χ1n) is 7.47. The van der Waals surface area contributed by atoms with Crippen LogP contribution in [0.3, 0.4) is 0 Å². The predicted molar refractivity (Wildman–Crippen MR) is 86.8 cm³/mol. The van der Waals surface area contributed by atoms with Crippen LogP contribution in [0.4, 0.5) is 5.69 Å². The molecule has 6 heteroatoms. The molecule has 2 unspecified atom stereocenters. The lowest BCUT2D eigenvalue weighted by Gasteiger charge is -2.14. The number of rotatable bonds is 6. The third-order valence-electron chi connectivity index (χ3n) is 4.10. The highest BCUT2D eigenvalue weighted by Crippen LogP contribution is 2.30. The van der Waals surface area contributed by atoms with Gasteiger partial charge in [-0.3, -0.25) is 15.1 Å². The van der Waals surface area contributed by atoms with Crippen molar-refractivity contribution in [3.05, 3.63) is 33.1 Å². The van der Waals surface area contributed by atoms with Crippen LogP contribution in [0.5, 0.6) is 0 Å². The minimum absolute atomic E-state index is 0.202. The van der Waals surface area contributed by atoms with Gasteiger partial charge in [0.2, 0.25) is 0 Å². The Kier molecular flexibility index (Phi) is 5.58. The van der Waals surface area contributed by atoms with E-state index in [4.69, 9.17) is 0 Å². The van der Waals surface area contributed by atoms with Crippen molar-refractivity contribution in [2.24, 2.45) is 0 Å². The van der Waals surface area contributed by atoms with Crippen molar-refractivity contribution in [2.45, 2.75) is 57.9 Å². The fourth-order valence-electron chi connectivity index (χ4n) is 2.98. The van der Waals surface area contributed by atoms with Crippen molar-refractivity contribution in [2.75, 3.05) is 5.75 Å². The van der Waals surface area contributed by atoms with Gasteiger partial charge >= 0.3 is 0 Å². The highest BCUT2D eigenvalue weighted by molar-refractivity contribution is 7.99. The van der Waals surface area contributed by atoms with Gasteiger partial charge in [-0.1, -0.05) is 6.92 Å². The molecule has 1 saturated carbocycles. The molecule has 1 heterocycles. The van der Waals surface area contributed by atoms with Crippen LogP contribution in [-0.4, -0.2) is 27.0 Å². The molecule has 0 amide bonds. The average Bonchev–Trinajstić information content (AvgIpc) is 2.86. The van der Waals surface area contributed by atoms with E-state index < -0.39 is 0 Å². The van der Waals surface area contributed by atoms with Gasteiger partial charge in [0.1, 0.15) is 0 Å². The van der Waals surface area contributed by atoms with E-state index in [0.717, 1.165) is 10.9 Å². The van der Waals surface area contributed by atoms with Crippen molar-refractivity contribution in [3.8, 4) is 0 Å². The molecule has 21 heavy (non-hydrogen) atoms. The second kappa shape index (κ2) is 7.22. The zero-order chi connectivity index (χ0) is 15.4. The molecule has 1 aliphatic carbocycles. The molecule has 0 bridgehead atoms. The quantitative estimate of drug-likeness (QED) is 0.644. The molecule has 0 aliphatic heterocycles. The summed E-state index contributed by atoms with van der Waals surface area (Å²) in [4.78, 5) is 15.2. The SMILES string of the molecule is CCSC1CCC(NCc2ncc(C)c([N+](=O)[O-])c2C)C1. The third kappa shape index (κ3) is 3.95. The topological polar surface area (TPSA) is 68.1 Å². The van der Waals surface area contributed by atoms with Crippen molar-refractivity contribution < 1.29 is 4.92 Å². The van der Waals surface area contributed by atoms with Crippen LogP contribution in [0.1, 0.15) is 43.0 Å². The first-order valence-corrected chi connectivity index (χ1v) is 8.52. The Labute approximate surface area is 130 Å². The summed E-state index contributed by atoms with van der Waals surface area (Å²) in [5.41, 5.74) is 2.30. The highest BCUT2D eigenvalue weighted by atomic mass is 32.2. The van der Waals surface area contributed by atoms with Gasteiger partial charge in [-0.25, -0.2) is 0 Å². The summed E-state index contributed by atoms with van der Waals surface area (Å²) in [6, 6.07) is 0.510. The Hall–Kier alpha value is -1.14. The second-order valence-electron chi connectivity index (χ2n) is 5.59. The van der Waals surface area contributed by atoms with Crippen LogP contribution < -0.4 is 5.32 Å². The number of nitro groups is 1. The number of thioether (sulfide) groups is 1. The molecule has 1 aromatic rings. The van der Waals surface area contributed by atoms with E-state index in [1.165, 1.54) is 25.0 Å². The van der Waals surface area contributed by atoms with Gasteiger partial charge in [-0.15, -0.1) is 0 Å². The van der Waals surface area contributed by atoms with Crippen molar-refractivity contribution in [1.29, 1.82) is 0 Å². The second-order valence-corrected chi connectivity index (χ2v) is 7.16. The summed E-state index contributed by atoms with van der Waals surface area (Å²) in [6.45, 7) is 6.34. The van der Waals surface area contributed by atoms with E-state index in [2.05, 4.69) is 17.2 Å². The maximum absolute atomic E-state index is 11.1. The number of hydrogen-bond acceptors (Lipinski definition) is 5. The molecule has 0 aromatic carbocycles. The Balaban J connectivity index is 1.98. The molecule has 1 fully saturated rings. The van der Waals surface area contributed by atoms with Crippen LogP contribution in [0, 0.1) is 24.0 Å². The maximum Gasteiger partial charge on any atom is 0.278 e. The van der Waals surface area contributed by atoms with Crippen LogP contribution in [0.2, 0.25) is 0 Å². The van der Waals surface area contributed by atoms with E-state index in [1.807, 2.05) is 11.8 Å². The zero-order valence-electron chi connectivity index (χ0n) is 12.9. The van der Waals surface area contributed by atoms with Gasteiger partial charge < -0.3 is 5.32 Å². The van der Waals surface area contributed by atoms with E-state index in [-0.39, 0.29) is 10.6 Å². The molecule has 0 radical (unpaired) electrons. The molecule has 2 atom stereocenters. The standard InChI is InChI=1S/C15H23N3O2S/c1-4-21-13-6-5-12(7-13)16-9-14-11(3)15(18(19)20)10(2)8-17-14/h8,12-13,16H,4-7,9H2,1-3H3. The normalized spacial score (nSPS) is 21.7. The van der Waals surface area contributed by atoms with Crippen LogP contribution >= 0.6 is 11.8 Å². The summed E-state index contributed by atoms with van der Waals surface area (Å²) in [5, 5.41) is 15.4. The molecule has 1 aliphatic rings. The lowest BCUT2D eigenvalue weighted by Crippen LogP contribution is -2.27. The van der Waals surface area contributed by atoms with E-state index >= 15 is 0 Å². The lowest BCUT2D eigenvalue weighted by molar-refractivity contribution is -0.386. The zero-order valence-corrected chi connectivity index (χ0v) is 13.7. The summed E-state index contributed by atoms with van der Waals surface area (Å²) >= 11 is 2.03. The van der Waals surface area contributed by atoms with Gasteiger partial charge in [0.05, 0.1) is 10.6 Å². The van der Waals surface area contributed by atoms with Crippen LogP contribution in [-0.2, 0) is 6.54 Å². The number of nitrogens with one attached hydrogen (secondary N) is 1. The molecule has 1 aromatic heterocycles. The number of pyridine rings is 1. The third-order valence-corrected chi connectivity index (χ3v) is 5.34. The Morgan fingerprint density at radius 2 is 2.24 bits per heavy atom. The molecular weight excluding hydrogens is 286 g/mol. The minimum atomic E-state index is -0.306. The molecule has 0 spiro atoms. The summed E-state index contributed by atoms with van der Waals surface area (Å²) in [7, 11) is 0. The predicted octanol–water partition coefficient (Wildman–Crippen LogP) is 3.37. The number of hydrogen-bond donors (Lipinski definition) is 1. The fraction of sp³-hybridized carbons (Fsp3) is 0.667. The van der Waals surface area contributed by atoms with Gasteiger partial charge in [0.15, 0.2) is 0 Å². The average molecular weight is 309 g/mol. The molecular formula is C15H23N3O2S. The smallest absolute Gasteiger partial charge is 0.278 e. The summed E-state index contributed by atoms with van der Waals surface area (Å²) in [6.07, 6.45) is 5.24. The highest BCUT2D eigenvalue weighted by Gasteiger charge is 2.25. The van der Waals surface area contributed by atoms with E-state index in [0.29, 0.717) is 23.7 Å². The van der Waals surface area contributed by atoms with Gasteiger partial charge in [0, 0.05) is 35.2 Å². The maximum atomic E-state index is 11.1. The molecule has 2 rings (SSSR count). The van der Waals surface area contributed by atoms with Gasteiger partial charge in [-0.05, 0) is 38.9 Å². The number of nitrogens with zero attached hydrogens (tertiary/aromatic N) is 2. The van der Waals surface area contributed by atoms with Crippen LogP contribution in [0.25, 0.3) is 0 Å². The van der Waals surface area contributed by atoms with Gasteiger partial charge in [-0.2, -0.15) is 11.8 Å². The van der Waals surface area contributed by atoms with Crippen molar-refractivity contribution in [1.82, 2.24) is 10.3 Å². The van der Waals surface area contributed by atoms with E-state index in [9.17, 15) is 10.1 Å². The first kappa shape index (κ1) is 16.2. The van der Waals surface area contributed by atoms with Crippen molar-refractivity contribution in [3.63, 3.8) is 0 Å². The monoisotopic (exact) mass is 309 g/mol. The molecule has 5 nitrogen and oxygen atoms in total. The molecule has 116 valence electrons. The Morgan fingerprint density at radius 3 is 2.90 bits per heavy atom. The summed E-state index contributed by atoms with van der Waals surface area (Å²) in [5.74, 6) is 1.17. The molecule has 1 N–H and O–H groups in total. The largest absolute Gasteiger partial charge is 0.308 e. The fourth-order valence-corrected chi connectivity index (χ4v) is 4.12. The lowest BCUT2D eigenvalue weighted by atomic mass is 10.1.